The molecule has 0 saturated carbocycles. The third kappa shape index (κ3) is 5.35. The van der Waals surface area contributed by atoms with Crippen molar-refractivity contribution in [3.8, 4) is 5.75 Å². The Kier molecular flexibility index (Phi) is 6.11. The fourth-order valence-corrected chi connectivity index (χ4v) is 2.06. The molecule has 0 spiro atoms. The van der Waals surface area contributed by atoms with Crippen LogP contribution in [0.4, 0.5) is 5.69 Å². The summed E-state index contributed by atoms with van der Waals surface area (Å²) in [7, 11) is 0. The minimum atomic E-state index is -0.531. The first-order chi connectivity index (χ1) is 12.0. The maximum absolute atomic E-state index is 12.0. The number of hydrogen-bond acceptors (Lipinski definition) is 4. The summed E-state index contributed by atoms with van der Waals surface area (Å²) in [6.07, 6.45) is 0. The van der Waals surface area contributed by atoms with Crippen LogP contribution in [0, 0.1) is 0 Å². The van der Waals surface area contributed by atoms with E-state index < -0.39 is 5.91 Å². The Morgan fingerprint density at radius 1 is 1.04 bits per heavy atom. The first-order valence-corrected chi connectivity index (χ1v) is 7.70. The van der Waals surface area contributed by atoms with Crippen molar-refractivity contribution in [2.45, 2.75) is 6.92 Å². The first kappa shape index (κ1) is 18.0. The van der Waals surface area contributed by atoms with E-state index in [1.807, 2.05) is 6.92 Å². The van der Waals surface area contributed by atoms with E-state index in [-0.39, 0.29) is 18.4 Å². The summed E-state index contributed by atoms with van der Waals surface area (Å²) in [5.41, 5.74) is 6.47. The normalized spacial score (nSPS) is 9.96. The van der Waals surface area contributed by atoms with Crippen molar-refractivity contribution >= 4 is 23.4 Å². The van der Waals surface area contributed by atoms with Crippen LogP contribution >= 0.6 is 0 Å². The van der Waals surface area contributed by atoms with Crippen LogP contribution in [-0.2, 0) is 4.79 Å². The van der Waals surface area contributed by atoms with Crippen molar-refractivity contribution in [1.82, 2.24) is 5.32 Å². The lowest BCUT2D eigenvalue weighted by Crippen LogP contribution is -2.23. The van der Waals surface area contributed by atoms with Gasteiger partial charge in [-0.3, -0.25) is 14.4 Å². The number of primary amides is 1. The highest BCUT2D eigenvalue weighted by Crippen LogP contribution is 2.13. The minimum Gasteiger partial charge on any atom is -0.484 e. The van der Waals surface area contributed by atoms with Crippen LogP contribution in [0.3, 0.4) is 0 Å². The summed E-state index contributed by atoms with van der Waals surface area (Å²) >= 11 is 0. The summed E-state index contributed by atoms with van der Waals surface area (Å²) in [5, 5.41) is 5.35. The van der Waals surface area contributed by atoms with E-state index in [4.69, 9.17) is 10.5 Å². The molecule has 2 aromatic rings. The smallest absolute Gasteiger partial charge is 0.262 e. The zero-order valence-electron chi connectivity index (χ0n) is 13.7. The topological polar surface area (TPSA) is 111 Å². The second kappa shape index (κ2) is 8.49. The molecule has 2 rings (SSSR count). The van der Waals surface area contributed by atoms with Gasteiger partial charge in [-0.1, -0.05) is 6.07 Å². The quantitative estimate of drug-likeness (QED) is 0.709. The molecule has 0 aliphatic heterocycles. The lowest BCUT2D eigenvalue weighted by atomic mass is 10.2. The van der Waals surface area contributed by atoms with Gasteiger partial charge >= 0.3 is 0 Å². The highest BCUT2D eigenvalue weighted by atomic mass is 16.5. The molecule has 0 saturated heterocycles. The van der Waals surface area contributed by atoms with Gasteiger partial charge in [-0.25, -0.2) is 0 Å². The number of amides is 3. The van der Waals surface area contributed by atoms with Gasteiger partial charge in [0.25, 0.3) is 11.8 Å². The minimum absolute atomic E-state index is 0.204. The number of nitrogens with two attached hydrogens (primary N) is 1. The van der Waals surface area contributed by atoms with Crippen molar-refractivity contribution < 1.29 is 19.1 Å². The summed E-state index contributed by atoms with van der Waals surface area (Å²) < 4.78 is 5.35. The van der Waals surface area contributed by atoms with Crippen LogP contribution in [0.2, 0.25) is 0 Å². The van der Waals surface area contributed by atoms with Crippen molar-refractivity contribution in [3.05, 3.63) is 59.7 Å². The molecular weight excluding hydrogens is 322 g/mol. The molecule has 25 heavy (non-hydrogen) atoms. The molecule has 0 aliphatic carbocycles. The van der Waals surface area contributed by atoms with Gasteiger partial charge in [0.05, 0.1) is 0 Å². The highest BCUT2D eigenvalue weighted by Gasteiger charge is 2.08. The number of hydrogen-bond donors (Lipinski definition) is 3. The van der Waals surface area contributed by atoms with E-state index in [2.05, 4.69) is 10.6 Å². The molecule has 0 fully saturated rings. The number of carbonyl (C=O) groups is 3. The second-order valence-corrected chi connectivity index (χ2v) is 5.17. The molecule has 4 N–H and O–H groups in total. The molecule has 0 radical (unpaired) electrons. The van der Waals surface area contributed by atoms with Crippen LogP contribution in [0.5, 0.6) is 5.75 Å². The largest absolute Gasteiger partial charge is 0.484 e. The number of carbonyl (C=O) groups excluding carboxylic acids is 3. The van der Waals surface area contributed by atoms with Crippen LogP contribution < -0.4 is 21.1 Å². The SMILES string of the molecule is CCNC(=O)c1cccc(NC(=O)COc2ccc(C(N)=O)cc2)c1. The van der Waals surface area contributed by atoms with Crippen molar-refractivity contribution in [1.29, 1.82) is 0 Å². The van der Waals surface area contributed by atoms with E-state index in [0.29, 0.717) is 29.1 Å². The standard InChI is InChI=1S/C18H19N3O4/c1-2-20-18(24)13-4-3-5-14(10-13)21-16(22)11-25-15-8-6-12(7-9-15)17(19)23/h3-10H,2,11H2,1H3,(H2,19,23)(H,20,24)(H,21,22). The van der Waals surface area contributed by atoms with E-state index >= 15 is 0 Å². The van der Waals surface area contributed by atoms with Crippen LogP contribution in [0.1, 0.15) is 27.6 Å². The molecule has 7 nitrogen and oxygen atoms in total. The molecule has 0 heterocycles. The second-order valence-electron chi connectivity index (χ2n) is 5.17. The third-order valence-electron chi connectivity index (χ3n) is 3.25. The molecular formula is C18H19N3O4. The summed E-state index contributed by atoms with van der Waals surface area (Å²) in [5.74, 6) is -0.663. The maximum atomic E-state index is 12.0. The van der Waals surface area contributed by atoms with Gasteiger partial charge < -0.3 is 21.1 Å². The molecule has 0 bridgehead atoms. The van der Waals surface area contributed by atoms with Gasteiger partial charge in [-0.15, -0.1) is 0 Å². The van der Waals surface area contributed by atoms with Gasteiger partial charge in [-0.2, -0.15) is 0 Å². The zero-order chi connectivity index (χ0) is 18.2. The zero-order valence-corrected chi connectivity index (χ0v) is 13.7. The average Bonchev–Trinajstić information content (AvgIpc) is 2.61. The number of benzene rings is 2. The number of nitrogens with one attached hydrogen (secondary N) is 2. The third-order valence-corrected chi connectivity index (χ3v) is 3.25. The lowest BCUT2D eigenvalue weighted by Gasteiger charge is -2.09. The van der Waals surface area contributed by atoms with E-state index in [1.54, 1.807) is 36.4 Å². The lowest BCUT2D eigenvalue weighted by molar-refractivity contribution is -0.118. The van der Waals surface area contributed by atoms with Gasteiger partial charge in [-0.05, 0) is 49.4 Å². The molecule has 2 aromatic carbocycles. The molecule has 130 valence electrons. The summed E-state index contributed by atoms with van der Waals surface area (Å²) in [4.78, 5) is 34.7. The van der Waals surface area contributed by atoms with Gasteiger partial charge in [0.15, 0.2) is 6.61 Å². The fraction of sp³-hybridized carbons (Fsp3) is 0.167. The van der Waals surface area contributed by atoms with Crippen molar-refractivity contribution in [2.24, 2.45) is 5.73 Å². The van der Waals surface area contributed by atoms with Gasteiger partial charge in [0.1, 0.15) is 5.75 Å². The number of rotatable bonds is 7. The van der Waals surface area contributed by atoms with Crippen LogP contribution in [0.25, 0.3) is 0 Å². The molecule has 0 atom stereocenters. The number of ether oxygens (including phenoxy) is 1. The Labute approximate surface area is 145 Å². The Morgan fingerprint density at radius 3 is 2.40 bits per heavy atom. The summed E-state index contributed by atoms with van der Waals surface area (Å²) in [6.45, 7) is 2.15. The van der Waals surface area contributed by atoms with E-state index in [9.17, 15) is 14.4 Å². The van der Waals surface area contributed by atoms with E-state index in [1.165, 1.54) is 12.1 Å². The van der Waals surface area contributed by atoms with Crippen molar-refractivity contribution in [2.75, 3.05) is 18.5 Å². The predicted molar refractivity (Wildman–Crippen MR) is 93.5 cm³/mol. The molecule has 0 aliphatic rings. The average molecular weight is 341 g/mol. The number of anilines is 1. The van der Waals surface area contributed by atoms with Crippen molar-refractivity contribution in [3.63, 3.8) is 0 Å². The molecule has 3 amide bonds. The van der Waals surface area contributed by atoms with Crippen LogP contribution in [-0.4, -0.2) is 30.9 Å². The first-order valence-electron chi connectivity index (χ1n) is 7.70. The highest BCUT2D eigenvalue weighted by molar-refractivity contribution is 5.97. The summed E-state index contributed by atoms with van der Waals surface area (Å²) in [6, 6.07) is 12.8. The molecule has 7 heteroatoms. The maximum Gasteiger partial charge on any atom is 0.262 e. The Hall–Kier alpha value is -3.35. The van der Waals surface area contributed by atoms with Gasteiger partial charge in [0.2, 0.25) is 5.91 Å². The fourth-order valence-electron chi connectivity index (χ4n) is 2.06. The monoisotopic (exact) mass is 341 g/mol. The Balaban J connectivity index is 1.90. The Bertz CT molecular complexity index is 772. The van der Waals surface area contributed by atoms with Crippen LogP contribution in [0.15, 0.2) is 48.5 Å². The molecule has 0 aromatic heterocycles. The Morgan fingerprint density at radius 2 is 1.76 bits per heavy atom. The predicted octanol–water partition coefficient (Wildman–Crippen LogP) is 1.55. The van der Waals surface area contributed by atoms with Gasteiger partial charge in [0, 0.05) is 23.4 Å². The van der Waals surface area contributed by atoms with E-state index in [0.717, 1.165) is 0 Å². The molecule has 0 unspecified atom stereocenters.